The van der Waals surface area contributed by atoms with E-state index < -0.39 is 11.6 Å². The van der Waals surface area contributed by atoms with E-state index >= 15 is 0 Å². The van der Waals surface area contributed by atoms with Crippen molar-refractivity contribution in [1.82, 2.24) is 10.2 Å². The summed E-state index contributed by atoms with van der Waals surface area (Å²) in [5, 5.41) is 3.29. The summed E-state index contributed by atoms with van der Waals surface area (Å²) in [6, 6.07) is 16.5. The molecule has 1 aliphatic carbocycles. The average molecular weight is 623 g/mol. The molecule has 2 heterocycles. The number of ether oxygens (including phenoxy) is 3. The Kier molecular flexibility index (Phi) is 9.21. The number of morpholine rings is 1. The molecule has 232 valence electrons. The fraction of sp³-hybridized carbons (Fsp3) is 0.400. The number of hydrogen-bond donors (Lipinski definition) is 1. The Morgan fingerprint density at radius 2 is 1.84 bits per heavy atom. The van der Waals surface area contributed by atoms with E-state index in [1.54, 1.807) is 7.11 Å². The Hall–Kier alpha value is -3.46. The van der Waals surface area contributed by atoms with Crippen molar-refractivity contribution in [2.45, 2.75) is 63.7 Å². The number of nitrogens with zero attached hydrogens (tertiary/aromatic N) is 1. The van der Waals surface area contributed by atoms with Gasteiger partial charge in [0, 0.05) is 24.2 Å². The van der Waals surface area contributed by atoms with Crippen LogP contribution in [0.15, 0.2) is 60.2 Å². The number of carbonyl (C=O) groups is 1. The second kappa shape index (κ2) is 13.3. The van der Waals surface area contributed by atoms with Crippen molar-refractivity contribution in [2.24, 2.45) is 0 Å². The molecule has 0 aromatic heterocycles. The Bertz CT molecular complexity index is 1560. The van der Waals surface area contributed by atoms with Crippen LogP contribution in [0.3, 0.4) is 0 Å². The molecule has 1 amide bonds. The molecule has 0 unspecified atom stereocenters. The summed E-state index contributed by atoms with van der Waals surface area (Å²) >= 11 is 5.87. The topological polar surface area (TPSA) is 60.0 Å². The van der Waals surface area contributed by atoms with Gasteiger partial charge in [0.2, 0.25) is 0 Å². The smallest absolute Gasteiger partial charge is 0.252 e. The third kappa shape index (κ3) is 6.48. The van der Waals surface area contributed by atoms with Gasteiger partial charge >= 0.3 is 0 Å². The number of benzene rings is 3. The molecule has 3 aliphatic rings. The summed E-state index contributed by atoms with van der Waals surface area (Å²) in [6.07, 6.45) is 4.01. The lowest BCUT2D eigenvalue weighted by Crippen LogP contribution is -2.55. The van der Waals surface area contributed by atoms with Crippen LogP contribution in [0.2, 0.25) is 5.02 Å². The second-order valence-electron chi connectivity index (χ2n) is 11.8. The maximum atomic E-state index is 14.4. The summed E-state index contributed by atoms with van der Waals surface area (Å²) in [5.41, 5.74) is 6.13. The molecule has 6 rings (SSSR count). The van der Waals surface area contributed by atoms with Gasteiger partial charge in [-0.1, -0.05) is 48.0 Å². The highest BCUT2D eigenvalue weighted by molar-refractivity contribution is 6.32. The van der Waals surface area contributed by atoms with E-state index in [1.165, 1.54) is 0 Å². The first-order valence-corrected chi connectivity index (χ1v) is 15.6. The number of halogens is 3. The van der Waals surface area contributed by atoms with Crippen LogP contribution in [0, 0.1) is 18.6 Å². The molecule has 3 aromatic carbocycles. The molecular formula is C35H37ClF2N2O4. The molecule has 2 bridgehead atoms. The highest BCUT2D eigenvalue weighted by atomic mass is 35.5. The van der Waals surface area contributed by atoms with E-state index in [4.69, 9.17) is 25.8 Å². The predicted octanol–water partition coefficient (Wildman–Crippen LogP) is 6.65. The Morgan fingerprint density at radius 3 is 2.59 bits per heavy atom. The van der Waals surface area contributed by atoms with Gasteiger partial charge in [0.25, 0.3) is 5.91 Å². The van der Waals surface area contributed by atoms with Crippen LogP contribution in [0.1, 0.15) is 47.9 Å². The van der Waals surface area contributed by atoms with Crippen LogP contribution in [0.5, 0.6) is 11.5 Å². The lowest BCUT2D eigenvalue weighted by molar-refractivity contribution is -0.129. The van der Waals surface area contributed by atoms with Gasteiger partial charge in [-0.15, -0.1) is 0 Å². The van der Waals surface area contributed by atoms with Crippen LogP contribution >= 0.6 is 11.6 Å². The monoisotopic (exact) mass is 622 g/mol. The SMILES string of the molecule is COc1cccc(CN(C(=O)C2=C(c3ccc(CCCOc4c(F)ccc(F)c4Cl)cc3)C[C@@H]3COC[C@H]2N3)C2CC2)c1C. The fourth-order valence-corrected chi connectivity index (χ4v) is 6.43. The number of amides is 1. The average Bonchev–Trinajstić information content (AvgIpc) is 3.87. The van der Waals surface area contributed by atoms with Crippen LogP contribution in [0.4, 0.5) is 8.78 Å². The molecular weight excluding hydrogens is 586 g/mol. The van der Waals surface area contributed by atoms with E-state index in [0.29, 0.717) is 39.0 Å². The first-order valence-electron chi connectivity index (χ1n) is 15.2. The molecule has 0 radical (unpaired) electrons. The lowest BCUT2D eigenvalue weighted by atomic mass is 9.84. The quantitative estimate of drug-likeness (QED) is 0.192. The molecule has 2 fully saturated rings. The summed E-state index contributed by atoms with van der Waals surface area (Å²) in [7, 11) is 1.67. The Morgan fingerprint density at radius 1 is 1.07 bits per heavy atom. The highest BCUT2D eigenvalue weighted by Crippen LogP contribution is 2.38. The van der Waals surface area contributed by atoms with Crippen molar-refractivity contribution in [2.75, 3.05) is 26.9 Å². The van der Waals surface area contributed by atoms with Crippen molar-refractivity contribution in [3.05, 3.63) is 99.1 Å². The number of fused-ring (bicyclic) bond motifs is 2. The molecule has 2 aliphatic heterocycles. The van der Waals surface area contributed by atoms with E-state index in [9.17, 15) is 13.6 Å². The van der Waals surface area contributed by atoms with Gasteiger partial charge in [-0.25, -0.2) is 8.78 Å². The first kappa shape index (κ1) is 30.6. The maximum absolute atomic E-state index is 14.4. The van der Waals surface area contributed by atoms with Crippen molar-refractivity contribution in [1.29, 1.82) is 0 Å². The molecule has 0 spiro atoms. The molecule has 44 heavy (non-hydrogen) atoms. The van der Waals surface area contributed by atoms with Gasteiger partial charge in [0.15, 0.2) is 11.6 Å². The third-order valence-corrected chi connectivity index (χ3v) is 9.11. The molecule has 2 atom stereocenters. The minimum atomic E-state index is -0.713. The predicted molar refractivity (Wildman–Crippen MR) is 166 cm³/mol. The van der Waals surface area contributed by atoms with E-state index in [-0.39, 0.29) is 41.4 Å². The number of rotatable bonds is 11. The van der Waals surface area contributed by atoms with Crippen LogP contribution in [-0.4, -0.2) is 55.9 Å². The van der Waals surface area contributed by atoms with Crippen LogP contribution in [0.25, 0.3) is 5.57 Å². The number of hydrogen-bond acceptors (Lipinski definition) is 5. The number of carbonyl (C=O) groups excluding carboxylic acids is 1. The van der Waals surface area contributed by atoms with Crippen molar-refractivity contribution < 1.29 is 27.8 Å². The maximum Gasteiger partial charge on any atom is 0.252 e. The highest BCUT2D eigenvalue weighted by Gasteiger charge is 2.41. The number of aryl methyl sites for hydroxylation is 1. The van der Waals surface area contributed by atoms with E-state index in [0.717, 1.165) is 64.1 Å². The summed E-state index contributed by atoms with van der Waals surface area (Å²) in [4.78, 5) is 16.5. The van der Waals surface area contributed by atoms with Crippen molar-refractivity contribution in [3.8, 4) is 11.5 Å². The van der Waals surface area contributed by atoms with Gasteiger partial charge in [-0.2, -0.15) is 0 Å². The molecule has 1 N–H and O–H groups in total. The zero-order chi connectivity index (χ0) is 30.8. The van der Waals surface area contributed by atoms with E-state index in [1.807, 2.05) is 24.0 Å². The van der Waals surface area contributed by atoms with Crippen LogP contribution in [-0.2, 0) is 22.5 Å². The number of nitrogens with one attached hydrogen (secondary N) is 1. The largest absolute Gasteiger partial charge is 0.496 e. The van der Waals surface area contributed by atoms with Gasteiger partial charge in [0.1, 0.15) is 16.6 Å². The third-order valence-electron chi connectivity index (χ3n) is 8.76. The molecule has 1 saturated carbocycles. The van der Waals surface area contributed by atoms with Gasteiger partial charge < -0.3 is 24.4 Å². The van der Waals surface area contributed by atoms with Crippen molar-refractivity contribution >= 4 is 23.1 Å². The van der Waals surface area contributed by atoms with Crippen molar-refractivity contribution in [3.63, 3.8) is 0 Å². The second-order valence-corrected chi connectivity index (χ2v) is 12.2. The zero-order valence-electron chi connectivity index (χ0n) is 25.0. The Balaban J connectivity index is 1.20. The number of methoxy groups -OCH3 is 1. The zero-order valence-corrected chi connectivity index (χ0v) is 25.8. The molecule has 6 nitrogen and oxygen atoms in total. The van der Waals surface area contributed by atoms with Gasteiger partial charge in [0.05, 0.1) is 33.0 Å². The minimum Gasteiger partial charge on any atom is -0.496 e. The van der Waals surface area contributed by atoms with Crippen LogP contribution < -0.4 is 14.8 Å². The summed E-state index contributed by atoms with van der Waals surface area (Å²) in [5.74, 6) is -0.764. The Labute approximate surface area is 261 Å². The van der Waals surface area contributed by atoms with Gasteiger partial charge in [-0.3, -0.25) is 4.79 Å². The fourth-order valence-electron chi connectivity index (χ4n) is 6.22. The minimum absolute atomic E-state index is 0.0654. The summed E-state index contributed by atoms with van der Waals surface area (Å²) < 4.78 is 44.6. The van der Waals surface area contributed by atoms with E-state index in [2.05, 4.69) is 35.6 Å². The molecule has 1 saturated heterocycles. The summed E-state index contributed by atoms with van der Waals surface area (Å²) in [6.45, 7) is 3.85. The molecule has 3 aromatic rings. The van der Waals surface area contributed by atoms with Gasteiger partial charge in [-0.05, 0) is 85.1 Å². The standard InChI is InChI=1S/C35H37ClF2N2O4/c1-21-24(6-3-7-31(21)42-2)18-40(26-12-13-26)35(41)32-27(17-25-19-43-20-30(32)39-25)23-10-8-22(9-11-23)5-4-16-44-34-29(38)15-14-28(37)33(34)36/h3,6-11,14-15,25-26,30,39H,4-5,12-13,16-20H2,1-2H3/t25-,30-/m1/s1. The first-order chi connectivity index (χ1) is 21.3. The molecule has 9 heteroatoms. The normalized spacial score (nSPS) is 19.6. The lowest BCUT2D eigenvalue weighted by Gasteiger charge is -2.40.